The lowest BCUT2D eigenvalue weighted by Gasteiger charge is -2.00. The summed E-state index contributed by atoms with van der Waals surface area (Å²) in [6, 6.07) is 0.887. The summed E-state index contributed by atoms with van der Waals surface area (Å²) in [6.45, 7) is 0. The molecule has 1 heterocycles. The van der Waals surface area contributed by atoms with Crippen molar-refractivity contribution in [3.05, 3.63) is 22.4 Å². The minimum Gasteiger partial charge on any atom is -0.383 e. The number of nitrogens with zero attached hydrogens (tertiary/aromatic N) is 2. The second-order valence-corrected chi connectivity index (χ2v) is 4.59. The average Bonchev–Trinajstić information content (AvgIpc) is 2.02. The van der Waals surface area contributed by atoms with Crippen LogP contribution < -0.4 is 5.73 Å². The molecule has 0 spiro atoms. The summed E-state index contributed by atoms with van der Waals surface area (Å²) in [7, 11) is -3.58. The third-order valence-electron chi connectivity index (χ3n) is 1.48. The molecular weight excluding hydrogens is 210 g/mol. The van der Waals surface area contributed by atoms with Gasteiger partial charge in [0.1, 0.15) is 16.9 Å². The van der Waals surface area contributed by atoms with Gasteiger partial charge in [0, 0.05) is 12.3 Å². The fourth-order valence-corrected chi connectivity index (χ4v) is 1.61. The zero-order chi connectivity index (χ0) is 10.9. The molecule has 0 aliphatic carbocycles. The number of hydrogen-bond donors (Lipinski definition) is 1. The fraction of sp³-hybridized carbons (Fsp3) is 0.167. The number of nitro groups is 1. The van der Waals surface area contributed by atoms with Crippen LogP contribution >= 0.6 is 0 Å². The zero-order valence-electron chi connectivity index (χ0n) is 7.17. The summed E-state index contributed by atoms with van der Waals surface area (Å²) < 4.78 is 22.2. The molecule has 0 bridgehead atoms. The number of sulfone groups is 1. The van der Waals surface area contributed by atoms with Gasteiger partial charge in [0.15, 0.2) is 9.84 Å². The van der Waals surface area contributed by atoms with Crippen molar-refractivity contribution in [2.24, 2.45) is 0 Å². The molecule has 2 N–H and O–H groups in total. The lowest BCUT2D eigenvalue weighted by molar-refractivity contribution is -0.385. The smallest absolute Gasteiger partial charge is 0.289 e. The number of hydrogen-bond acceptors (Lipinski definition) is 6. The molecule has 0 saturated heterocycles. The number of anilines is 1. The molecule has 76 valence electrons. The van der Waals surface area contributed by atoms with Crippen molar-refractivity contribution in [1.29, 1.82) is 0 Å². The van der Waals surface area contributed by atoms with E-state index in [1.54, 1.807) is 0 Å². The first-order valence-electron chi connectivity index (χ1n) is 3.42. The van der Waals surface area contributed by atoms with E-state index in [0.717, 1.165) is 18.5 Å². The third-order valence-corrected chi connectivity index (χ3v) is 2.60. The van der Waals surface area contributed by atoms with E-state index in [1.165, 1.54) is 0 Å². The molecule has 0 unspecified atom stereocenters. The van der Waals surface area contributed by atoms with E-state index < -0.39 is 20.4 Å². The van der Waals surface area contributed by atoms with Crippen molar-refractivity contribution in [2.75, 3.05) is 12.0 Å². The van der Waals surface area contributed by atoms with Gasteiger partial charge in [-0.2, -0.15) is 0 Å². The van der Waals surface area contributed by atoms with Gasteiger partial charge in [-0.3, -0.25) is 10.1 Å². The van der Waals surface area contributed by atoms with E-state index in [0.29, 0.717) is 0 Å². The molecule has 0 fully saturated rings. The highest BCUT2D eigenvalue weighted by Crippen LogP contribution is 2.20. The highest BCUT2D eigenvalue weighted by atomic mass is 32.2. The number of pyridine rings is 1. The van der Waals surface area contributed by atoms with Crippen LogP contribution in [0.5, 0.6) is 0 Å². The monoisotopic (exact) mass is 217 g/mol. The predicted octanol–water partition coefficient (Wildman–Crippen LogP) is -0.0245. The topological polar surface area (TPSA) is 116 Å². The maximum absolute atomic E-state index is 11.1. The molecule has 1 rings (SSSR count). The van der Waals surface area contributed by atoms with Crippen LogP contribution in [0.3, 0.4) is 0 Å². The van der Waals surface area contributed by atoms with Gasteiger partial charge in [-0.15, -0.1) is 0 Å². The van der Waals surface area contributed by atoms with Crippen LogP contribution in [0.15, 0.2) is 17.2 Å². The summed E-state index contributed by atoms with van der Waals surface area (Å²) >= 11 is 0. The SMILES string of the molecule is CS(=O)(=O)c1cc([N+](=O)[O-])cnc1N. The van der Waals surface area contributed by atoms with Gasteiger partial charge >= 0.3 is 0 Å². The highest BCUT2D eigenvalue weighted by Gasteiger charge is 2.17. The van der Waals surface area contributed by atoms with E-state index in [2.05, 4.69) is 4.98 Å². The lowest BCUT2D eigenvalue weighted by Crippen LogP contribution is -2.05. The molecule has 0 atom stereocenters. The zero-order valence-corrected chi connectivity index (χ0v) is 7.98. The van der Waals surface area contributed by atoms with Crippen LogP contribution in [0.1, 0.15) is 0 Å². The maximum Gasteiger partial charge on any atom is 0.289 e. The number of aromatic nitrogens is 1. The molecular formula is C6H7N3O4S. The first kappa shape index (κ1) is 10.4. The predicted molar refractivity (Wildman–Crippen MR) is 48.4 cm³/mol. The van der Waals surface area contributed by atoms with Crippen LogP contribution in [-0.2, 0) is 9.84 Å². The quantitative estimate of drug-likeness (QED) is 0.549. The van der Waals surface area contributed by atoms with E-state index in [9.17, 15) is 18.5 Å². The molecule has 0 radical (unpaired) electrons. The summed E-state index contributed by atoms with van der Waals surface area (Å²) in [4.78, 5) is 12.7. The van der Waals surface area contributed by atoms with E-state index in [-0.39, 0.29) is 10.7 Å². The number of rotatable bonds is 2. The molecule has 0 aromatic carbocycles. The summed E-state index contributed by atoms with van der Waals surface area (Å²) in [5.41, 5.74) is 4.86. The lowest BCUT2D eigenvalue weighted by atomic mass is 10.4. The van der Waals surface area contributed by atoms with Crippen molar-refractivity contribution in [3.63, 3.8) is 0 Å². The fourth-order valence-electron chi connectivity index (χ4n) is 0.842. The van der Waals surface area contributed by atoms with Gasteiger partial charge in [-0.05, 0) is 0 Å². The molecule has 7 nitrogen and oxygen atoms in total. The summed E-state index contributed by atoms with van der Waals surface area (Å²) in [5, 5.41) is 10.3. The van der Waals surface area contributed by atoms with E-state index in [1.807, 2.05) is 0 Å². The molecule has 0 aliphatic rings. The normalized spacial score (nSPS) is 11.2. The van der Waals surface area contributed by atoms with Crippen molar-refractivity contribution in [1.82, 2.24) is 4.98 Å². The summed E-state index contributed by atoms with van der Waals surface area (Å²) in [5.74, 6) is -0.238. The van der Waals surface area contributed by atoms with Crippen molar-refractivity contribution < 1.29 is 13.3 Å². The Morgan fingerprint density at radius 1 is 1.57 bits per heavy atom. The Balaban J connectivity index is 3.44. The molecule has 0 saturated carbocycles. The second kappa shape index (κ2) is 3.22. The van der Waals surface area contributed by atoms with Crippen LogP contribution in [0.25, 0.3) is 0 Å². The van der Waals surface area contributed by atoms with Crippen molar-refractivity contribution in [2.45, 2.75) is 4.90 Å². The van der Waals surface area contributed by atoms with Crippen molar-refractivity contribution >= 4 is 21.3 Å². The van der Waals surface area contributed by atoms with Crippen LogP contribution in [-0.4, -0.2) is 24.6 Å². The summed E-state index contributed by atoms with van der Waals surface area (Å²) in [6.07, 6.45) is 1.81. The highest BCUT2D eigenvalue weighted by molar-refractivity contribution is 7.90. The molecule has 0 amide bonds. The standard InChI is InChI=1S/C6H7N3O4S/c1-14(12,13)5-2-4(9(10)11)3-8-6(5)7/h2-3H,1H3,(H2,7,8). The van der Waals surface area contributed by atoms with Gasteiger partial charge in [-0.25, -0.2) is 13.4 Å². The van der Waals surface area contributed by atoms with E-state index in [4.69, 9.17) is 5.73 Å². The van der Waals surface area contributed by atoms with Gasteiger partial charge in [0.2, 0.25) is 0 Å². The van der Waals surface area contributed by atoms with Gasteiger partial charge < -0.3 is 5.73 Å². The minimum atomic E-state index is -3.58. The number of nitrogen functional groups attached to an aromatic ring is 1. The number of nitrogens with two attached hydrogens (primary N) is 1. The molecule has 0 aliphatic heterocycles. The molecule has 14 heavy (non-hydrogen) atoms. The Morgan fingerprint density at radius 3 is 2.57 bits per heavy atom. The third kappa shape index (κ3) is 1.96. The van der Waals surface area contributed by atoms with Crippen LogP contribution in [0.2, 0.25) is 0 Å². The second-order valence-electron chi connectivity index (χ2n) is 2.61. The van der Waals surface area contributed by atoms with Gasteiger partial charge in [0.25, 0.3) is 5.69 Å². The Labute approximate surface area is 79.6 Å². The first-order valence-corrected chi connectivity index (χ1v) is 5.31. The average molecular weight is 217 g/mol. The Morgan fingerprint density at radius 2 is 2.14 bits per heavy atom. The Kier molecular flexibility index (Phi) is 2.39. The van der Waals surface area contributed by atoms with Gasteiger partial charge in [-0.1, -0.05) is 0 Å². The Hall–Kier alpha value is -1.70. The Bertz CT molecular complexity index is 482. The largest absolute Gasteiger partial charge is 0.383 e. The molecule has 1 aromatic rings. The van der Waals surface area contributed by atoms with Crippen molar-refractivity contribution in [3.8, 4) is 0 Å². The molecule has 8 heteroatoms. The van der Waals surface area contributed by atoms with E-state index >= 15 is 0 Å². The first-order chi connectivity index (χ1) is 6.32. The molecule has 1 aromatic heterocycles. The minimum absolute atomic E-state index is 0.238. The van der Waals surface area contributed by atoms with Crippen LogP contribution in [0, 0.1) is 10.1 Å². The maximum atomic E-state index is 11.1. The van der Waals surface area contributed by atoms with Crippen LogP contribution in [0.4, 0.5) is 11.5 Å². The van der Waals surface area contributed by atoms with Gasteiger partial charge in [0.05, 0.1) is 4.92 Å².